The SMILES string of the molecule is NC(=O)C1CN(C2CCN(c3ccccc3F)C2=O)CCO1. The average Bonchev–Trinajstić information content (AvgIpc) is 2.89. The third kappa shape index (κ3) is 2.69. The topological polar surface area (TPSA) is 75.9 Å². The van der Waals surface area contributed by atoms with Gasteiger partial charge in [-0.05, 0) is 18.6 Å². The van der Waals surface area contributed by atoms with E-state index in [1.54, 1.807) is 18.2 Å². The number of ether oxygens (including phenoxy) is 1. The van der Waals surface area contributed by atoms with Gasteiger partial charge in [-0.3, -0.25) is 14.5 Å². The average molecular weight is 307 g/mol. The lowest BCUT2D eigenvalue weighted by Gasteiger charge is -2.34. The maximum absolute atomic E-state index is 13.9. The number of hydrogen-bond donors (Lipinski definition) is 1. The highest BCUT2D eigenvalue weighted by atomic mass is 19.1. The number of halogens is 1. The maximum atomic E-state index is 13.9. The van der Waals surface area contributed by atoms with Gasteiger partial charge in [-0.2, -0.15) is 0 Å². The normalized spacial score (nSPS) is 26.4. The van der Waals surface area contributed by atoms with E-state index in [1.165, 1.54) is 11.0 Å². The molecule has 6 nitrogen and oxygen atoms in total. The first-order chi connectivity index (χ1) is 10.6. The number of nitrogens with two attached hydrogens (primary N) is 1. The van der Waals surface area contributed by atoms with Crippen molar-refractivity contribution in [3.8, 4) is 0 Å². The van der Waals surface area contributed by atoms with Crippen LogP contribution in [0.5, 0.6) is 0 Å². The van der Waals surface area contributed by atoms with Gasteiger partial charge in [0, 0.05) is 19.6 Å². The number of carbonyl (C=O) groups is 2. The number of hydrogen-bond acceptors (Lipinski definition) is 4. The summed E-state index contributed by atoms with van der Waals surface area (Å²) >= 11 is 0. The monoisotopic (exact) mass is 307 g/mol. The van der Waals surface area contributed by atoms with Crippen LogP contribution in [0.4, 0.5) is 10.1 Å². The van der Waals surface area contributed by atoms with Crippen LogP contribution in [-0.4, -0.2) is 55.1 Å². The minimum atomic E-state index is -0.691. The molecule has 0 radical (unpaired) electrons. The van der Waals surface area contributed by atoms with Crippen LogP contribution in [-0.2, 0) is 14.3 Å². The summed E-state index contributed by atoms with van der Waals surface area (Å²) in [6.07, 6.45) is -0.0948. The minimum Gasteiger partial charge on any atom is -0.367 e. The molecule has 0 aromatic heterocycles. The molecule has 0 saturated carbocycles. The number of amides is 2. The smallest absolute Gasteiger partial charge is 0.247 e. The van der Waals surface area contributed by atoms with Crippen LogP contribution >= 0.6 is 0 Å². The van der Waals surface area contributed by atoms with E-state index in [1.807, 2.05) is 4.90 Å². The van der Waals surface area contributed by atoms with Crippen molar-refractivity contribution in [1.29, 1.82) is 0 Å². The van der Waals surface area contributed by atoms with E-state index in [-0.39, 0.29) is 11.9 Å². The van der Waals surface area contributed by atoms with Crippen molar-refractivity contribution in [2.45, 2.75) is 18.6 Å². The number of benzene rings is 1. The van der Waals surface area contributed by atoms with Crippen LogP contribution in [0.3, 0.4) is 0 Å². The largest absolute Gasteiger partial charge is 0.367 e. The summed E-state index contributed by atoms with van der Waals surface area (Å²) in [7, 11) is 0. The van der Waals surface area contributed by atoms with E-state index in [9.17, 15) is 14.0 Å². The van der Waals surface area contributed by atoms with Crippen LogP contribution in [0, 0.1) is 5.82 Å². The van der Waals surface area contributed by atoms with Crippen LogP contribution in [0.2, 0.25) is 0 Å². The molecule has 118 valence electrons. The van der Waals surface area contributed by atoms with E-state index in [0.717, 1.165) is 0 Å². The van der Waals surface area contributed by atoms with Crippen LogP contribution in [0.15, 0.2) is 24.3 Å². The second kappa shape index (κ2) is 6.02. The van der Waals surface area contributed by atoms with Crippen molar-refractivity contribution in [2.24, 2.45) is 5.73 Å². The van der Waals surface area contributed by atoms with E-state index >= 15 is 0 Å². The molecule has 2 aliphatic heterocycles. The molecule has 2 heterocycles. The van der Waals surface area contributed by atoms with Crippen LogP contribution in [0.1, 0.15) is 6.42 Å². The lowest BCUT2D eigenvalue weighted by Crippen LogP contribution is -2.53. The molecule has 2 fully saturated rings. The van der Waals surface area contributed by atoms with E-state index in [2.05, 4.69) is 0 Å². The van der Waals surface area contributed by atoms with Gasteiger partial charge in [-0.15, -0.1) is 0 Å². The Kier molecular flexibility index (Phi) is 4.08. The molecule has 2 atom stereocenters. The number of anilines is 1. The molecule has 2 saturated heterocycles. The molecule has 0 spiro atoms. The summed E-state index contributed by atoms with van der Waals surface area (Å²) in [4.78, 5) is 27.2. The minimum absolute atomic E-state index is 0.143. The van der Waals surface area contributed by atoms with Crippen molar-refractivity contribution in [3.63, 3.8) is 0 Å². The molecule has 0 aliphatic carbocycles. The van der Waals surface area contributed by atoms with Crippen molar-refractivity contribution < 1.29 is 18.7 Å². The fourth-order valence-corrected chi connectivity index (χ4v) is 3.04. The van der Waals surface area contributed by atoms with Crippen LogP contribution < -0.4 is 10.6 Å². The van der Waals surface area contributed by atoms with E-state index in [4.69, 9.17) is 10.5 Å². The summed E-state index contributed by atoms with van der Waals surface area (Å²) in [5.74, 6) is -1.08. The fraction of sp³-hybridized carbons (Fsp3) is 0.467. The van der Waals surface area contributed by atoms with Gasteiger partial charge in [0.2, 0.25) is 11.8 Å². The third-order valence-electron chi connectivity index (χ3n) is 4.18. The van der Waals surface area contributed by atoms with Crippen molar-refractivity contribution in [2.75, 3.05) is 31.1 Å². The first-order valence-corrected chi connectivity index (χ1v) is 7.29. The zero-order valence-corrected chi connectivity index (χ0v) is 12.1. The molecular formula is C15H18FN3O3. The molecule has 2 aliphatic rings. The quantitative estimate of drug-likeness (QED) is 0.860. The number of morpholine rings is 1. The highest BCUT2D eigenvalue weighted by molar-refractivity contribution is 5.99. The second-order valence-electron chi connectivity index (χ2n) is 5.50. The predicted molar refractivity (Wildman–Crippen MR) is 77.7 cm³/mol. The summed E-state index contributed by atoms with van der Waals surface area (Å²) in [6.45, 7) is 1.68. The Morgan fingerprint density at radius 3 is 2.82 bits per heavy atom. The number of rotatable bonds is 3. The Hall–Kier alpha value is -1.99. The molecule has 7 heteroatoms. The molecule has 1 aromatic carbocycles. The van der Waals surface area contributed by atoms with E-state index in [0.29, 0.717) is 38.3 Å². The van der Waals surface area contributed by atoms with Gasteiger partial charge in [0.05, 0.1) is 18.3 Å². The fourth-order valence-electron chi connectivity index (χ4n) is 3.04. The predicted octanol–water partition coefficient (Wildman–Crippen LogP) is 0.117. The Morgan fingerprint density at radius 1 is 1.32 bits per heavy atom. The number of para-hydroxylation sites is 1. The van der Waals surface area contributed by atoms with Crippen molar-refractivity contribution in [1.82, 2.24) is 4.90 Å². The molecule has 2 amide bonds. The van der Waals surface area contributed by atoms with E-state index < -0.39 is 17.8 Å². The first-order valence-electron chi connectivity index (χ1n) is 7.29. The molecule has 22 heavy (non-hydrogen) atoms. The maximum Gasteiger partial charge on any atom is 0.247 e. The highest BCUT2D eigenvalue weighted by Gasteiger charge is 2.40. The number of carbonyl (C=O) groups excluding carboxylic acids is 2. The third-order valence-corrected chi connectivity index (χ3v) is 4.18. The Labute approximate surface area is 127 Å². The van der Waals surface area contributed by atoms with Gasteiger partial charge in [0.25, 0.3) is 0 Å². The molecule has 1 aromatic rings. The van der Waals surface area contributed by atoms with Gasteiger partial charge in [0.1, 0.15) is 11.9 Å². The zero-order valence-electron chi connectivity index (χ0n) is 12.1. The van der Waals surface area contributed by atoms with Gasteiger partial charge in [-0.25, -0.2) is 4.39 Å². The van der Waals surface area contributed by atoms with Gasteiger partial charge in [0.15, 0.2) is 0 Å². The summed E-state index contributed by atoms with van der Waals surface area (Å²) in [5, 5.41) is 0. The Balaban J connectivity index is 1.74. The lowest BCUT2D eigenvalue weighted by molar-refractivity contribution is -0.139. The molecule has 3 rings (SSSR count). The van der Waals surface area contributed by atoms with Crippen molar-refractivity contribution in [3.05, 3.63) is 30.1 Å². The molecule has 2 unspecified atom stereocenters. The standard InChI is InChI=1S/C15H18FN3O3/c16-10-3-1-2-4-11(10)19-6-5-12(15(19)21)18-7-8-22-13(9-18)14(17)20/h1-4,12-13H,5-9H2,(H2,17,20). The lowest BCUT2D eigenvalue weighted by atomic mass is 10.1. The second-order valence-corrected chi connectivity index (χ2v) is 5.50. The van der Waals surface area contributed by atoms with Crippen molar-refractivity contribution >= 4 is 17.5 Å². The molecular weight excluding hydrogens is 289 g/mol. The number of nitrogens with zero attached hydrogens (tertiary/aromatic N) is 2. The molecule has 0 bridgehead atoms. The number of primary amides is 1. The summed E-state index contributed by atoms with van der Waals surface area (Å²) in [6, 6.07) is 5.88. The van der Waals surface area contributed by atoms with Gasteiger partial charge >= 0.3 is 0 Å². The first kappa shape index (κ1) is 14.9. The summed E-state index contributed by atoms with van der Waals surface area (Å²) < 4.78 is 19.2. The Bertz CT molecular complexity index is 595. The van der Waals surface area contributed by atoms with Gasteiger partial charge in [-0.1, -0.05) is 12.1 Å². The zero-order chi connectivity index (χ0) is 15.7. The van der Waals surface area contributed by atoms with Gasteiger partial charge < -0.3 is 15.4 Å². The van der Waals surface area contributed by atoms with Crippen LogP contribution in [0.25, 0.3) is 0 Å². The Morgan fingerprint density at radius 2 is 2.09 bits per heavy atom. The summed E-state index contributed by atoms with van der Waals surface area (Å²) in [5.41, 5.74) is 5.57. The highest BCUT2D eigenvalue weighted by Crippen LogP contribution is 2.27. The molecule has 2 N–H and O–H groups in total.